The summed E-state index contributed by atoms with van der Waals surface area (Å²) in [6.45, 7) is 4.32. The summed E-state index contributed by atoms with van der Waals surface area (Å²) < 4.78 is 5.08. The molecule has 0 aromatic heterocycles. The maximum Gasteiger partial charge on any atom is 0.166 e. The van der Waals surface area contributed by atoms with E-state index in [4.69, 9.17) is 10.6 Å². The average molecular weight is 211 g/mol. The summed E-state index contributed by atoms with van der Waals surface area (Å²) in [4.78, 5) is 4.57. The number of ether oxygens (including phenoxy) is 1. The standard InChI is InChI=1S/C11H17NO3/c1-7(2)8-4-9(6-15-12)11(14-3)10(13)5-8/h4-5,7,13H,6,12H2,1-3H3. The van der Waals surface area contributed by atoms with Crippen LogP contribution in [0.25, 0.3) is 0 Å². The molecule has 1 aromatic carbocycles. The zero-order valence-electron chi connectivity index (χ0n) is 9.28. The number of phenols is 1. The van der Waals surface area contributed by atoms with Crippen LogP contribution < -0.4 is 10.6 Å². The van der Waals surface area contributed by atoms with Gasteiger partial charge in [-0.2, -0.15) is 0 Å². The van der Waals surface area contributed by atoms with Crippen molar-refractivity contribution in [2.24, 2.45) is 5.90 Å². The van der Waals surface area contributed by atoms with Crippen LogP contribution in [0.15, 0.2) is 12.1 Å². The van der Waals surface area contributed by atoms with Crippen molar-refractivity contribution in [3.8, 4) is 11.5 Å². The first-order chi connectivity index (χ1) is 7.10. The highest BCUT2D eigenvalue weighted by Gasteiger charge is 2.12. The van der Waals surface area contributed by atoms with Crippen molar-refractivity contribution in [2.75, 3.05) is 7.11 Å². The van der Waals surface area contributed by atoms with Crippen LogP contribution in [0.1, 0.15) is 30.9 Å². The third kappa shape index (κ3) is 2.61. The van der Waals surface area contributed by atoms with Gasteiger partial charge < -0.3 is 9.84 Å². The normalized spacial score (nSPS) is 10.7. The van der Waals surface area contributed by atoms with Gasteiger partial charge in [0.05, 0.1) is 13.7 Å². The first kappa shape index (κ1) is 11.8. The molecule has 0 spiro atoms. The molecule has 15 heavy (non-hydrogen) atoms. The molecule has 4 heteroatoms. The summed E-state index contributed by atoms with van der Waals surface area (Å²) in [5.41, 5.74) is 1.78. The lowest BCUT2D eigenvalue weighted by Crippen LogP contribution is -2.02. The van der Waals surface area contributed by atoms with Gasteiger partial charge in [0.25, 0.3) is 0 Å². The maximum atomic E-state index is 9.73. The highest BCUT2D eigenvalue weighted by Crippen LogP contribution is 2.34. The van der Waals surface area contributed by atoms with E-state index in [0.29, 0.717) is 11.7 Å². The lowest BCUT2D eigenvalue weighted by atomic mass is 10.00. The quantitative estimate of drug-likeness (QED) is 0.747. The first-order valence-corrected chi connectivity index (χ1v) is 4.81. The van der Waals surface area contributed by atoms with E-state index < -0.39 is 0 Å². The Kier molecular flexibility index (Phi) is 3.94. The molecule has 0 unspecified atom stereocenters. The predicted molar refractivity (Wildman–Crippen MR) is 57.7 cm³/mol. The highest BCUT2D eigenvalue weighted by atomic mass is 16.6. The second-order valence-corrected chi connectivity index (χ2v) is 3.70. The van der Waals surface area contributed by atoms with Crippen molar-refractivity contribution in [1.82, 2.24) is 0 Å². The van der Waals surface area contributed by atoms with Gasteiger partial charge in [0.1, 0.15) is 0 Å². The summed E-state index contributed by atoms with van der Waals surface area (Å²) in [5, 5.41) is 9.73. The van der Waals surface area contributed by atoms with Crippen LogP contribution in [-0.2, 0) is 11.4 Å². The van der Waals surface area contributed by atoms with Gasteiger partial charge in [-0.05, 0) is 23.6 Å². The van der Waals surface area contributed by atoms with Gasteiger partial charge in [-0.25, -0.2) is 5.90 Å². The van der Waals surface area contributed by atoms with E-state index in [1.165, 1.54) is 7.11 Å². The molecule has 0 saturated heterocycles. The Bertz CT molecular complexity index is 337. The van der Waals surface area contributed by atoms with Crippen LogP contribution in [-0.4, -0.2) is 12.2 Å². The van der Waals surface area contributed by atoms with E-state index in [1.54, 1.807) is 6.07 Å². The van der Waals surface area contributed by atoms with Crippen LogP contribution in [0, 0.1) is 0 Å². The molecule has 4 nitrogen and oxygen atoms in total. The van der Waals surface area contributed by atoms with Gasteiger partial charge in [-0.3, -0.25) is 4.84 Å². The smallest absolute Gasteiger partial charge is 0.166 e. The van der Waals surface area contributed by atoms with Crippen molar-refractivity contribution in [3.63, 3.8) is 0 Å². The van der Waals surface area contributed by atoms with Gasteiger partial charge in [0, 0.05) is 5.56 Å². The molecule has 3 N–H and O–H groups in total. The number of aromatic hydroxyl groups is 1. The number of phenolic OH excluding ortho intramolecular Hbond substituents is 1. The Balaban J connectivity index is 3.19. The van der Waals surface area contributed by atoms with E-state index in [-0.39, 0.29) is 12.4 Å². The zero-order valence-corrected chi connectivity index (χ0v) is 9.28. The predicted octanol–water partition coefficient (Wildman–Crippen LogP) is 1.91. The molecule has 1 rings (SSSR count). The van der Waals surface area contributed by atoms with Gasteiger partial charge in [0.15, 0.2) is 11.5 Å². The second kappa shape index (κ2) is 5.00. The molecule has 0 aliphatic rings. The minimum Gasteiger partial charge on any atom is -0.504 e. The number of hydrogen-bond acceptors (Lipinski definition) is 4. The molecular weight excluding hydrogens is 194 g/mol. The molecule has 1 aromatic rings. The minimum absolute atomic E-state index is 0.121. The number of rotatable bonds is 4. The second-order valence-electron chi connectivity index (χ2n) is 3.70. The molecule has 0 fully saturated rings. The van der Waals surface area contributed by atoms with E-state index in [0.717, 1.165) is 11.1 Å². The highest BCUT2D eigenvalue weighted by molar-refractivity contribution is 5.49. The van der Waals surface area contributed by atoms with Crippen LogP contribution in [0.5, 0.6) is 11.5 Å². The van der Waals surface area contributed by atoms with Crippen molar-refractivity contribution in [2.45, 2.75) is 26.4 Å². The van der Waals surface area contributed by atoms with E-state index in [2.05, 4.69) is 4.84 Å². The summed E-state index contributed by atoms with van der Waals surface area (Å²) in [7, 11) is 1.50. The molecule has 0 amide bonds. The fourth-order valence-electron chi connectivity index (χ4n) is 1.46. The summed E-state index contributed by atoms with van der Waals surface area (Å²) >= 11 is 0. The Morgan fingerprint density at radius 2 is 2.07 bits per heavy atom. The summed E-state index contributed by atoms with van der Waals surface area (Å²) in [5.74, 6) is 5.90. The SMILES string of the molecule is COc1c(O)cc(C(C)C)cc1CON. The lowest BCUT2D eigenvalue weighted by Gasteiger charge is -2.13. The molecule has 0 bridgehead atoms. The summed E-state index contributed by atoms with van der Waals surface area (Å²) in [6, 6.07) is 3.62. The van der Waals surface area contributed by atoms with Crippen LogP contribution >= 0.6 is 0 Å². The Labute approximate surface area is 89.6 Å². The fraction of sp³-hybridized carbons (Fsp3) is 0.455. The molecule has 0 aliphatic carbocycles. The van der Waals surface area contributed by atoms with Crippen LogP contribution in [0.3, 0.4) is 0 Å². The summed E-state index contributed by atoms with van der Waals surface area (Å²) in [6.07, 6.45) is 0. The lowest BCUT2D eigenvalue weighted by molar-refractivity contribution is 0.121. The molecular formula is C11H17NO3. The van der Waals surface area contributed by atoms with Gasteiger partial charge in [-0.15, -0.1) is 0 Å². The average Bonchev–Trinajstić information content (AvgIpc) is 2.17. The number of nitrogens with two attached hydrogens (primary N) is 1. The largest absolute Gasteiger partial charge is 0.504 e. The minimum atomic E-state index is 0.121. The number of benzene rings is 1. The first-order valence-electron chi connectivity index (χ1n) is 4.81. The Morgan fingerprint density at radius 3 is 2.53 bits per heavy atom. The zero-order chi connectivity index (χ0) is 11.4. The number of hydrogen-bond donors (Lipinski definition) is 2. The van der Waals surface area contributed by atoms with Crippen molar-refractivity contribution in [3.05, 3.63) is 23.3 Å². The molecule has 0 saturated carbocycles. The molecule has 0 aliphatic heterocycles. The van der Waals surface area contributed by atoms with Crippen molar-refractivity contribution in [1.29, 1.82) is 0 Å². The monoisotopic (exact) mass is 211 g/mol. The molecule has 0 heterocycles. The van der Waals surface area contributed by atoms with E-state index in [1.807, 2.05) is 19.9 Å². The third-order valence-corrected chi connectivity index (χ3v) is 2.28. The maximum absolute atomic E-state index is 9.73. The molecule has 0 radical (unpaired) electrons. The third-order valence-electron chi connectivity index (χ3n) is 2.28. The number of methoxy groups -OCH3 is 1. The van der Waals surface area contributed by atoms with Crippen LogP contribution in [0.2, 0.25) is 0 Å². The molecule has 0 atom stereocenters. The fourth-order valence-corrected chi connectivity index (χ4v) is 1.46. The van der Waals surface area contributed by atoms with Crippen molar-refractivity contribution >= 4 is 0 Å². The van der Waals surface area contributed by atoms with E-state index >= 15 is 0 Å². The van der Waals surface area contributed by atoms with Gasteiger partial charge >= 0.3 is 0 Å². The van der Waals surface area contributed by atoms with E-state index in [9.17, 15) is 5.11 Å². The van der Waals surface area contributed by atoms with Gasteiger partial charge in [0.2, 0.25) is 0 Å². The Hall–Kier alpha value is -1.26. The van der Waals surface area contributed by atoms with Crippen LogP contribution in [0.4, 0.5) is 0 Å². The Morgan fingerprint density at radius 1 is 1.40 bits per heavy atom. The topological polar surface area (TPSA) is 64.7 Å². The molecule has 84 valence electrons. The van der Waals surface area contributed by atoms with Gasteiger partial charge in [-0.1, -0.05) is 13.8 Å². The van der Waals surface area contributed by atoms with Crippen molar-refractivity contribution < 1.29 is 14.7 Å².